The highest BCUT2D eigenvalue weighted by Crippen LogP contribution is 2.47. The second kappa shape index (κ2) is 5.31. The number of aldehydes is 1. The highest BCUT2D eigenvalue weighted by molar-refractivity contribution is 5.77. The van der Waals surface area contributed by atoms with Crippen molar-refractivity contribution in [1.29, 1.82) is 0 Å². The quantitative estimate of drug-likeness (QED) is 0.568. The van der Waals surface area contributed by atoms with E-state index in [1.807, 2.05) is 13.8 Å². The number of hydrogen-bond donors (Lipinski definition) is 0. The maximum absolute atomic E-state index is 11.8. The molecule has 1 aliphatic heterocycles. The summed E-state index contributed by atoms with van der Waals surface area (Å²) in [6.07, 6.45) is 1.37. The Hall–Kier alpha value is -1.39. The predicted molar refractivity (Wildman–Crippen MR) is 66.0 cm³/mol. The molecule has 0 aromatic heterocycles. The molecule has 1 saturated heterocycles. The Bertz CT molecular complexity index is 391. The summed E-state index contributed by atoms with van der Waals surface area (Å²) in [5, 5.41) is 0. The molecule has 2 rings (SSSR count). The van der Waals surface area contributed by atoms with Gasteiger partial charge in [0, 0.05) is 24.7 Å². The van der Waals surface area contributed by atoms with E-state index in [2.05, 4.69) is 0 Å². The van der Waals surface area contributed by atoms with Crippen molar-refractivity contribution < 1.29 is 23.9 Å². The highest BCUT2D eigenvalue weighted by Gasteiger charge is 2.53. The van der Waals surface area contributed by atoms with Crippen LogP contribution < -0.4 is 0 Å². The third-order valence-electron chi connectivity index (χ3n) is 4.54. The van der Waals surface area contributed by atoms with Gasteiger partial charge in [0.2, 0.25) is 0 Å². The molecule has 2 fully saturated rings. The molecule has 1 saturated carbocycles. The van der Waals surface area contributed by atoms with Gasteiger partial charge in [0.15, 0.2) is 0 Å². The van der Waals surface area contributed by atoms with E-state index in [1.54, 1.807) is 0 Å². The predicted octanol–water partition coefficient (Wildman–Crippen LogP) is 1.20. The van der Waals surface area contributed by atoms with Gasteiger partial charge >= 0.3 is 11.9 Å². The molecule has 5 heteroatoms. The summed E-state index contributed by atoms with van der Waals surface area (Å²) in [6.45, 7) is 5.43. The van der Waals surface area contributed by atoms with Gasteiger partial charge in [0.05, 0.1) is 12.5 Å². The fourth-order valence-corrected chi connectivity index (χ4v) is 3.59. The van der Waals surface area contributed by atoms with Crippen molar-refractivity contribution in [2.24, 2.45) is 29.6 Å². The van der Waals surface area contributed by atoms with Gasteiger partial charge in [-0.2, -0.15) is 0 Å². The van der Waals surface area contributed by atoms with Crippen LogP contribution in [0.4, 0.5) is 0 Å². The van der Waals surface area contributed by atoms with Gasteiger partial charge < -0.3 is 14.3 Å². The minimum atomic E-state index is -0.342. The van der Waals surface area contributed by atoms with Gasteiger partial charge in [-0.1, -0.05) is 6.92 Å². The van der Waals surface area contributed by atoms with Gasteiger partial charge in [-0.05, 0) is 19.3 Å². The molecule has 1 heterocycles. The smallest absolute Gasteiger partial charge is 0.309 e. The first-order chi connectivity index (χ1) is 8.95. The summed E-state index contributed by atoms with van der Waals surface area (Å²) in [6, 6.07) is 0. The molecule has 19 heavy (non-hydrogen) atoms. The summed E-state index contributed by atoms with van der Waals surface area (Å²) in [4.78, 5) is 34.2. The van der Waals surface area contributed by atoms with Crippen molar-refractivity contribution in [2.75, 3.05) is 6.61 Å². The minimum absolute atomic E-state index is 0.0281. The van der Waals surface area contributed by atoms with Crippen molar-refractivity contribution in [3.8, 4) is 0 Å². The van der Waals surface area contributed by atoms with Crippen LogP contribution in [0, 0.1) is 29.6 Å². The van der Waals surface area contributed by atoms with E-state index >= 15 is 0 Å². The fraction of sp³-hybridized carbons (Fsp3) is 0.786. The number of cyclic esters (lactones) is 1. The molecule has 5 nitrogen and oxygen atoms in total. The van der Waals surface area contributed by atoms with E-state index in [0.717, 1.165) is 6.29 Å². The van der Waals surface area contributed by atoms with E-state index < -0.39 is 0 Å². The molecule has 6 atom stereocenters. The van der Waals surface area contributed by atoms with Crippen molar-refractivity contribution in [3.05, 3.63) is 0 Å². The number of hydrogen-bond acceptors (Lipinski definition) is 5. The molecule has 0 aromatic rings. The monoisotopic (exact) mass is 268 g/mol. The lowest BCUT2D eigenvalue weighted by atomic mass is 9.62. The van der Waals surface area contributed by atoms with Crippen LogP contribution in [0.1, 0.15) is 27.2 Å². The molecule has 2 aliphatic rings. The summed E-state index contributed by atoms with van der Waals surface area (Å²) in [5.41, 5.74) is 0. The molecule has 0 radical (unpaired) electrons. The lowest BCUT2D eigenvalue weighted by molar-refractivity contribution is -0.148. The minimum Gasteiger partial charge on any atom is -0.466 e. The van der Waals surface area contributed by atoms with Crippen LogP contribution in [0.15, 0.2) is 0 Å². The maximum Gasteiger partial charge on any atom is 0.309 e. The van der Waals surface area contributed by atoms with Crippen molar-refractivity contribution in [3.63, 3.8) is 0 Å². The van der Waals surface area contributed by atoms with Crippen LogP contribution in [0.3, 0.4) is 0 Å². The average Bonchev–Trinajstić information content (AvgIpc) is 2.61. The second-order valence-corrected chi connectivity index (χ2v) is 5.72. The Balaban J connectivity index is 2.18. The van der Waals surface area contributed by atoms with Crippen molar-refractivity contribution >= 4 is 18.2 Å². The molecule has 0 spiro atoms. The second-order valence-electron chi connectivity index (χ2n) is 5.72. The van der Waals surface area contributed by atoms with E-state index in [9.17, 15) is 14.4 Å². The third-order valence-corrected chi connectivity index (χ3v) is 4.54. The fourth-order valence-electron chi connectivity index (χ4n) is 3.59. The zero-order chi connectivity index (χ0) is 14.2. The summed E-state index contributed by atoms with van der Waals surface area (Å²) in [5.74, 6) is -0.953. The van der Waals surface area contributed by atoms with E-state index in [1.165, 1.54) is 6.92 Å². The highest BCUT2D eigenvalue weighted by atomic mass is 16.6. The Morgan fingerprint density at radius 1 is 1.47 bits per heavy atom. The molecule has 0 bridgehead atoms. The molecule has 0 amide bonds. The SMILES string of the molecule is CC(=O)OCC1C(C)CC2C(=O)OC(C)C2C1C=O. The molecule has 0 aromatic carbocycles. The maximum atomic E-state index is 11.8. The van der Waals surface area contributed by atoms with E-state index in [0.29, 0.717) is 6.42 Å². The molecule has 106 valence electrons. The number of rotatable bonds is 3. The largest absolute Gasteiger partial charge is 0.466 e. The van der Waals surface area contributed by atoms with Crippen LogP contribution in [0.25, 0.3) is 0 Å². The number of ether oxygens (including phenoxy) is 2. The molecular weight excluding hydrogens is 248 g/mol. The summed E-state index contributed by atoms with van der Waals surface area (Å²) >= 11 is 0. The Kier molecular flexibility index (Phi) is 3.92. The summed E-state index contributed by atoms with van der Waals surface area (Å²) in [7, 11) is 0. The third kappa shape index (κ3) is 2.51. The van der Waals surface area contributed by atoms with Crippen LogP contribution >= 0.6 is 0 Å². The molecular formula is C14H20O5. The lowest BCUT2D eigenvalue weighted by Gasteiger charge is -2.40. The molecule has 6 unspecified atom stereocenters. The van der Waals surface area contributed by atoms with E-state index in [4.69, 9.17) is 9.47 Å². The zero-order valence-electron chi connectivity index (χ0n) is 11.5. The van der Waals surface area contributed by atoms with Gasteiger partial charge in [-0.25, -0.2) is 0 Å². The normalized spacial score (nSPS) is 41.3. The van der Waals surface area contributed by atoms with Gasteiger partial charge in [-0.15, -0.1) is 0 Å². The van der Waals surface area contributed by atoms with E-state index in [-0.39, 0.29) is 54.2 Å². The number of carbonyl (C=O) groups excluding carboxylic acids is 3. The number of carbonyl (C=O) groups is 3. The Morgan fingerprint density at radius 3 is 2.74 bits per heavy atom. The molecule has 1 aliphatic carbocycles. The zero-order valence-corrected chi connectivity index (χ0v) is 11.5. The van der Waals surface area contributed by atoms with Crippen molar-refractivity contribution in [1.82, 2.24) is 0 Å². The van der Waals surface area contributed by atoms with Crippen molar-refractivity contribution in [2.45, 2.75) is 33.3 Å². The standard InChI is InChI=1S/C14H20O5/c1-7-4-10-13(8(2)19-14(10)17)11(5-15)12(7)6-18-9(3)16/h5,7-8,10-13H,4,6H2,1-3H3. The average molecular weight is 268 g/mol. The first kappa shape index (κ1) is 14.0. The Labute approximate surface area is 112 Å². The van der Waals surface area contributed by atoms with Crippen LogP contribution in [-0.4, -0.2) is 30.9 Å². The van der Waals surface area contributed by atoms with Crippen LogP contribution in [0.2, 0.25) is 0 Å². The topological polar surface area (TPSA) is 69.7 Å². The number of fused-ring (bicyclic) bond motifs is 1. The lowest BCUT2D eigenvalue weighted by Crippen LogP contribution is -2.44. The number of esters is 2. The van der Waals surface area contributed by atoms with Crippen LogP contribution in [0.5, 0.6) is 0 Å². The Morgan fingerprint density at radius 2 is 2.16 bits per heavy atom. The first-order valence-electron chi connectivity index (χ1n) is 6.74. The first-order valence-corrected chi connectivity index (χ1v) is 6.74. The van der Waals surface area contributed by atoms with Gasteiger partial charge in [-0.3, -0.25) is 9.59 Å². The summed E-state index contributed by atoms with van der Waals surface area (Å²) < 4.78 is 10.3. The molecule has 0 N–H and O–H groups in total. The van der Waals surface area contributed by atoms with Crippen LogP contribution in [-0.2, 0) is 23.9 Å². The van der Waals surface area contributed by atoms with Gasteiger partial charge in [0.25, 0.3) is 0 Å². The van der Waals surface area contributed by atoms with Gasteiger partial charge in [0.1, 0.15) is 12.4 Å².